The number of phenols is 1. The number of morpholine rings is 1. The summed E-state index contributed by atoms with van der Waals surface area (Å²) in [7, 11) is 1.51. The summed E-state index contributed by atoms with van der Waals surface area (Å²) in [5.41, 5.74) is 4.62. The summed E-state index contributed by atoms with van der Waals surface area (Å²) in [6.45, 7) is 3.91. The van der Waals surface area contributed by atoms with E-state index >= 15 is 4.79 Å². The van der Waals surface area contributed by atoms with Gasteiger partial charge >= 0.3 is 12.3 Å². The number of phenolic OH excluding ortho intramolecular Hbond substituents is 1. The number of anilines is 1. The van der Waals surface area contributed by atoms with E-state index in [0.29, 0.717) is 69.2 Å². The highest BCUT2D eigenvalue weighted by atomic mass is 19.4. The summed E-state index contributed by atoms with van der Waals surface area (Å²) < 4.78 is 55.9. The highest BCUT2D eigenvalue weighted by Crippen LogP contribution is 2.38. The maximum absolute atomic E-state index is 15.4. The van der Waals surface area contributed by atoms with Crippen molar-refractivity contribution in [3.05, 3.63) is 136 Å². The SMILES string of the molecule is Cc1c(C(=O)N(C)c2ccc(O)cc2)cc(-c2cc3c(cc2C(=O)N2Cc4ccccc4C[C@H]2CN2CCOCC2)CN(C(=O)Oc2ccccc2)CC3)n1CC(F)(F)F. The lowest BCUT2D eigenvalue weighted by atomic mass is 9.89. The number of aromatic nitrogens is 1. The Morgan fingerprint density at radius 1 is 0.833 bits per heavy atom. The van der Waals surface area contributed by atoms with Gasteiger partial charge in [-0.2, -0.15) is 13.2 Å². The van der Waals surface area contributed by atoms with Gasteiger partial charge in [0, 0.05) is 74.9 Å². The Hall–Kier alpha value is -6.12. The molecule has 1 saturated heterocycles. The van der Waals surface area contributed by atoms with Gasteiger partial charge in [0.05, 0.1) is 24.5 Å². The molecule has 0 aliphatic carbocycles. The predicted octanol–water partition coefficient (Wildman–Crippen LogP) is 7.46. The van der Waals surface area contributed by atoms with Crippen LogP contribution in [0.25, 0.3) is 11.3 Å². The van der Waals surface area contributed by atoms with Crippen molar-refractivity contribution < 1.29 is 42.1 Å². The van der Waals surface area contributed by atoms with Crippen molar-refractivity contribution in [2.24, 2.45) is 0 Å². The zero-order valence-corrected chi connectivity index (χ0v) is 33.5. The topological polar surface area (TPSA) is 108 Å². The van der Waals surface area contributed by atoms with E-state index in [1.54, 1.807) is 53.4 Å². The molecule has 0 unspecified atom stereocenters. The third-order valence-electron chi connectivity index (χ3n) is 11.7. The Labute approximate surface area is 346 Å². The average Bonchev–Trinajstić information content (AvgIpc) is 3.56. The molecule has 8 rings (SSSR count). The molecule has 60 heavy (non-hydrogen) atoms. The van der Waals surface area contributed by atoms with Crippen LogP contribution in [-0.2, 0) is 37.2 Å². The lowest BCUT2D eigenvalue weighted by molar-refractivity contribution is -0.140. The monoisotopic (exact) mass is 821 g/mol. The maximum atomic E-state index is 15.4. The van der Waals surface area contributed by atoms with Crippen LogP contribution in [0.5, 0.6) is 11.5 Å². The normalized spacial score (nSPS) is 16.9. The molecule has 0 radical (unpaired) electrons. The minimum Gasteiger partial charge on any atom is -0.508 e. The van der Waals surface area contributed by atoms with E-state index in [-0.39, 0.29) is 58.9 Å². The molecule has 11 nitrogen and oxygen atoms in total. The molecule has 0 spiro atoms. The number of para-hydroxylation sites is 1. The van der Waals surface area contributed by atoms with Crippen molar-refractivity contribution in [3.8, 4) is 22.8 Å². The van der Waals surface area contributed by atoms with Crippen LogP contribution in [0.3, 0.4) is 0 Å². The number of ether oxygens (including phenoxy) is 2. The van der Waals surface area contributed by atoms with Crippen LogP contribution in [0.15, 0.2) is 97.1 Å². The average molecular weight is 822 g/mol. The molecule has 312 valence electrons. The van der Waals surface area contributed by atoms with E-state index in [4.69, 9.17) is 9.47 Å². The van der Waals surface area contributed by atoms with E-state index in [0.717, 1.165) is 21.3 Å². The molecule has 3 amide bonds. The lowest BCUT2D eigenvalue weighted by Crippen LogP contribution is -2.52. The van der Waals surface area contributed by atoms with E-state index < -0.39 is 24.7 Å². The van der Waals surface area contributed by atoms with Gasteiger partial charge in [-0.15, -0.1) is 0 Å². The minimum atomic E-state index is -4.67. The van der Waals surface area contributed by atoms with Gasteiger partial charge in [-0.3, -0.25) is 14.5 Å². The summed E-state index contributed by atoms with van der Waals surface area (Å²) in [6, 6.07) is 27.3. The Bertz CT molecular complexity index is 2390. The second-order valence-electron chi connectivity index (χ2n) is 15.6. The van der Waals surface area contributed by atoms with Crippen LogP contribution >= 0.6 is 0 Å². The van der Waals surface area contributed by atoms with Gasteiger partial charge in [0.1, 0.15) is 18.0 Å². The number of carbonyl (C=O) groups is 3. The molecule has 1 fully saturated rings. The molecule has 1 N–H and O–H groups in total. The molecule has 4 aromatic carbocycles. The van der Waals surface area contributed by atoms with Gasteiger partial charge < -0.3 is 33.8 Å². The number of aromatic hydroxyl groups is 1. The van der Waals surface area contributed by atoms with Gasteiger partial charge in [-0.05, 0) is 96.6 Å². The molecule has 1 aromatic heterocycles. The smallest absolute Gasteiger partial charge is 0.415 e. The number of benzene rings is 4. The van der Waals surface area contributed by atoms with E-state index in [2.05, 4.69) is 11.0 Å². The standard InChI is InChI=1S/C46H46F3N5O6/c1-30-39(43(56)50(2)35-12-14-37(55)15-13-35)25-42(54(30)29-46(47,48)49)40-23-32-16-17-52(45(58)60-38-10-4-3-5-11-38)26-34(32)24-41(40)44(57)53-27-33-9-7-6-8-31(33)22-36(53)28-51-18-20-59-21-19-51/h3-15,23-25,36,55H,16-22,26-29H2,1-2H3/t36-/m0/s1. The van der Waals surface area contributed by atoms with Crippen molar-refractivity contribution in [3.63, 3.8) is 0 Å². The third-order valence-corrected chi connectivity index (χ3v) is 11.7. The van der Waals surface area contributed by atoms with Crippen LogP contribution in [0.2, 0.25) is 0 Å². The Morgan fingerprint density at radius 2 is 1.53 bits per heavy atom. The Kier molecular flexibility index (Phi) is 11.4. The number of halogens is 3. The van der Waals surface area contributed by atoms with Crippen molar-refractivity contribution in [2.75, 3.05) is 51.3 Å². The Morgan fingerprint density at radius 3 is 2.25 bits per heavy atom. The molecule has 0 bridgehead atoms. The van der Waals surface area contributed by atoms with Gasteiger partial charge in [0.25, 0.3) is 11.8 Å². The molecule has 4 heterocycles. The first-order valence-electron chi connectivity index (χ1n) is 20.0. The second kappa shape index (κ2) is 16.9. The second-order valence-corrected chi connectivity index (χ2v) is 15.6. The van der Waals surface area contributed by atoms with Crippen LogP contribution in [-0.4, -0.2) is 101 Å². The summed E-state index contributed by atoms with van der Waals surface area (Å²) >= 11 is 0. The van der Waals surface area contributed by atoms with Gasteiger partial charge in [-0.25, -0.2) is 4.79 Å². The summed E-state index contributed by atoms with van der Waals surface area (Å²) in [4.78, 5) is 49.9. The molecular weight excluding hydrogens is 776 g/mol. The van der Waals surface area contributed by atoms with E-state index in [9.17, 15) is 27.9 Å². The summed E-state index contributed by atoms with van der Waals surface area (Å²) in [5.74, 6) is -0.536. The fraction of sp³-hybridized carbons (Fsp3) is 0.326. The molecule has 5 aromatic rings. The zero-order valence-electron chi connectivity index (χ0n) is 33.5. The van der Waals surface area contributed by atoms with Crippen LogP contribution in [0, 0.1) is 6.92 Å². The highest BCUT2D eigenvalue weighted by Gasteiger charge is 2.37. The first kappa shape index (κ1) is 40.7. The van der Waals surface area contributed by atoms with Gasteiger partial charge in [0.15, 0.2) is 0 Å². The minimum absolute atomic E-state index is 0.000382. The van der Waals surface area contributed by atoms with Crippen LogP contribution < -0.4 is 9.64 Å². The number of hydrogen-bond acceptors (Lipinski definition) is 7. The van der Waals surface area contributed by atoms with Crippen LogP contribution in [0.1, 0.15) is 48.7 Å². The number of rotatable bonds is 8. The first-order valence-corrected chi connectivity index (χ1v) is 20.0. The van der Waals surface area contributed by atoms with Gasteiger partial charge in [0.2, 0.25) is 0 Å². The fourth-order valence-corrected chi connectivity index (χ4v) is 8.47. The zero-order chi connectivity index (χ0) is 42.1. The number of amides is 3. The summed E-state index contributed by atoms with van der Waals surface area (Å²) in [5, 5.41) is 9.83. The number of alkyl halides is 3. The maximum Gasteiger partial charge on any atom is 0.415 e. The van der Waals surface area contributed by atoms with Crippen molar-refractivity contribution in [1.82, 2.24) is 19.3 Å². The predicted molar refractivity (Wildman–Crippen MR) is 219 cm³/mol. The summed E-state index contributed by atoms with van der Waals surface area (Å²) in [6.07, 6.45) is -4.28. The molecular formula is C46H46F3N5O6. The molecule has 1 atom stereocenters. The largest absolute Gasteiger partial charge is 0.508 e. The molecule has 3 aliphatic rings. The van der Waals surface area contributed by atoms with Gasteiger partial charge in [-0.1, -0.05) is 42.5 Å². The number of hydrogen-bond donors (Lipinski definition) is 1. The van der Waals surface area contributed by atoms with Crippen molar-refractivity contribution in [2.45, 2.75) is 51.6 Å². The number of fused-ring (bicyclic) bond motifs is 2. The number of carbonyl (C=O) groups excluding carboxylic acids is 3. The first-order chi connectivity index (χ1) is 28.8. The molecule has 0 saturated carbocycles. The van der Waals surface area contributed by atoms with Crippen molar-refractivity contribution >= 4 is 23.6 Å². The quantitative estimate of drug-likeness (QED) is 0.173. The molecule has 14 heteroatoms. The molecule has 3 aliphatic heterocycles. The lowest BCUT2D eigenvalue weighted by Gasteiger charge is -2.41. The van der Waals surface area contributed by atoms with Crippen molar-refractivity contribution in [1.29, 1.82) is 0 Å². The van der Waals surface area contributed by atoms with Crippen LogP contribution in [0.4, 0.5) is 23.7 Å². The number of nitrogens with zero attached hydrogens (tertiary/aromatic N) is 5. The third kappa shape index (κ3) is 8.61. The highest BCUT2D eigenvalue weighted by molar-refractivity contribution is 6.08. The van der Waals surface area contributed by atoms with E-state index in [1.807, 2.05) is 29.2 Å². The fourth-order valence-electron chi connectivity index (χ4n) is 8.47. The van der Waals surface area contributed by atoms with E-state index in [1.165, 1.54) is 37.1 Å². The Balaban J connectivity index is 1.24.